The monoisotopic (exact) mass is 254 g/mol. The molecule has 0 aromatic carbocycles. The fourth-order valence-corrected chi connectivity index (χ4v) is 2.49. The van der Waals surface area contributed by atoms with Crippen molar-refractivity contribution in [2.45, 2.75) is 40.2 Å². The number of nitrogens with one attached hydrogen (secondary N) is 1. The molecule has 1 N–H and O–H groups in total. The summed E-state index contributed by atoms with van der Waals surface area (Å²) >= 11 is 0. The highest BCUT2D eigenvalue weighted by atomic mass is 16.5. The van der Waals surface area contributed by atoms with Crippen LogP contribution in [0.25, 0.3) is 0 Å². The van der Waals surface area contributed by atoms with Crippen LogP contribution in [0.15, 0.2) is 11.6 Å². The third kappa shape index (κ3) is 4.71. The maximum atomic E-state index is 5.35. The zero-order valence-electron chi connectivity index (χ0n) is 12.8. The molecule has 0 bridgehead atoms. The Bertz CT molecular complexity index is 268. The van der Waals surface area contributed by atoms with E-state index in [2.05, 4.69) is 44.0 Å². The maximum Gasteiger partial charge on any atom is 0.0630 e. The molecule has 0 amide bonds. The molecule has 0 aromatic heterocycles. The molecule has 1 heterocycles. The van der Waals surface area contributed by atoms with Crippen LogP contribution in [-0.2, 0) is 4.74 Å². The van der Waals surface area contributed by atoms with Gasteiger partial charge in [0.15, 0.2) is 0 Å². The number of ether oxygens (including phenoxy) is 1. The van der Waals surface area contributed by atoms with E-state index in [1.165, 1.54) is 6.42 Å². The van der Waals surface area contributed by atoms with Crippen molar-refractivity contribution in [2.24, 2.45) is 5.41 Å². The standard InChI is InChI=1S/C15H30N2O/c1-6-16-11-14(12-18-5)17-9-7-13(8-10-17)15(2,3)4/h7,14,16H,6,8-12H2,1-5H3. The quantitative estimate of drug-likeness (QED) is 0.736. The van der Waals surface area contributed by atoms with Crippen molar-refractivity contribution < 1.29 is 4.74 Å². The Morgan fingerprint density at radius 1 is 1.44 bits per heavy atom. The Morgan fingerprint density at radius 3 is 2.61 bits per heavy atom. The van der Waals surface area contributed by atoms with Crippen molar-refractivity contribution in [1.82, 2.24) is 10.2 Å². The van der Waals surface area contributed by atoms with E-state index in [4.69, 9.17) is 4.74 Å². The summed E-state index contributed by atoms with van der Waals surface area (Å²) in [7, 11) is 1.79. The molecule has 3 heteroatoms. The van der Waals surface area contributed by atoms with E-state index in [0.29, 0.717) is 11.5 Å². The third-order valence-corrected chi connectivity index (χ3v) is 3.71. The van der Waals surface area contributed by atoms with Crippen molar-refractivity contribution in [2.75, 3.05) is 39.9 Å². The summed E-state index contributed by atoms with van der Waals surface area (Å²) in [5, 5.41) is 3.43. The molecule has 18 heavy (non-hydrogen) atoms. The summed E-state index contributed by atoms with van der Waals surface area (Å²) in [5.41, 5.74) is 1.92. The summed E-state index contributed by atoms with van der Waals surface area (Å²) in [5.74, 6) is 0. The minimum Gasteiger partial charge on any atom is -0.383 e. The molecule has 0 aliphatic carbocycles. The lowest BCUT2D eigenvalue weighted by molar-refractivity contribution is 0.0929. The van der Waals surface area contributed by atoms with Gasteiger partial charge in [-0.2, -0.15) is 0 Å². The molecule has 0 saturated heterocycles. The van der Waals surface area contributed by atoms with Crippen LogP contribution in [0.1, 0.15) is 34.1 Å². The molecule has 1 rings (SSSR count). The summed E-state index contributed by atoms with van der Waals surface area (Å²) in [6.07, 6.45) is 3.61. The molecule has 1 aliphatic rings. The van der Waals surface area contributed by atoms with E-state index in [0.717, 1.165) is 32.8 Å². The molecule has 1 atom stereocenters. The van der Waals surface area contributed by atoms with Gasteiger partial charge >= 0.3 is 0 Å². The average Bonchev–Trinajstić information content (AvgIpc) is 2.33. The fraction of sp³-hybridized carbons (Fsp3) is 0.867. The van der Waals surface area contributed by atoms with Crippen LogP contribution in [0.4, 0.5) is 0 Å². The fourth-order valence-electron chi connectivity index (χ4n) is 2.49. The van der Waals surface area contributed by atoms with Gasteiger partial charge in [0.2, 0.25) is 0 Å². The normalized spacial score (nSPS) is 19.7. The number of nitrogens with zero attached hydrogens (tertiary/aromatic N) is 1. The van der Waals surface area contributed by atoms with E-state index >= 15 is 0 Å². The number of hydrogen-bond acceptors (Lipinski definition) is 3. The first-order valence-corrected chi connectivity index (χ1v) is 7.12. The second-order valence-corrected chi connectivity index (χ2v) is 6.14. The molecule has 0 radical (unpaired) electrons. The number of hydrogen-bond donors (Lipinski definition) is 1. The van der Waals surface area contributed by atoms with Crippen molar-refractivity contribution in [3.8, 4) is 0 Å². The first-order valence-electron chi connectivity index (χ1n) is 7.12. The minimum atomic E-state index is 0.324. The van der Waals surface area contributed by atoms with Gasteiger partial charge in [0.05, 0.1) is 6.61 Å². The topological polar surface area (TPSA) is 24.5 Å². The summed E-state index contributed by atoms with van der Waals surface area (Å²) in [4.78, 5) is 2.53. The zero-order valence-corrected chi connectivity index (χ0v) is 12.8. The first kappa shape index (κ1) is 15.7. The van der Waals surface area contributed by atoms with Crippen LogP contribution in [0, 0.1) is 5.41 Å². The molecule has 0 fully saturated rings. The van der Waals surface area contributed by atoms with Crippen LogP contribution in [-0.4, -0.2) is 50.8 Å². The lowest BCUT2D eigenvalue weighted by atomic mass is 9.83. The highest BCUT2D eigenvalue weighted by Gasteiger charge is 2.24. The highest BCUT2D eigenvalue weighted by Crippen LogP contribution is 2.30. The SMILES string of the molecule is CCNCC(COC)N1CC=C(C(C)(C)C)CC1. The predicted molar refractivity (Wildman–Crippen MR) is 77.9 cm³/mol. The Morgan fingerprint density at radius 2 is 2.17 bits per heavy atom. The largest absolute Gasteiger partial charge is 0.383 e. The van der Waals surface area contributed by atoms with Gasteiger partial charge in [-0.05, 0) is 18.4 Å². The third-order valence-electron chi connectivity index (χ3n) is 3.71. The van der Waals surface area contributed by atoms with Crippen molar-refractivity contribution in [1.29, 1.82) is 0 Å². The van der Waals surface area contributed by atoms with Gasteiger partial charge in [-0.3, -0.25) is 4.90 Å². The highest BCUT2D eigenvalue weighted by molar-refractivity contribution is 5.15. The van der Waals surface area contributed by atoms with Crippen LogP contribution in [0.3, 0.4) is 0 Å². The van der Waals surface area contributed by atoms with Gasteiger partial charge in [0, 0.05) is 32.8 Å². The van der Waals surface area contributed by atoms with E-state index in [1.807, 2.05) is 0 Å². The van der Waals surface area contributed by atoms with Gasteiger partial charge in [0.1, 0.15) is 0 Å². The molecular formula is C15H30N2O. The van der Waals surface area contributed by atoms with Gasteiger partial charge in [-0.15, -0.1) is 0 Å². The predicted octanol–water partition coefficient (Wildman–Crippen LogP) is 2.29. The number of likely N-dealkylation sites (N-methyl/N-ethyl adjacent to an activating group) is 1. The Balaban J connectivity index is 2.55. The van der Waals surface area contributed by atoms with E-state index in [9.17, 15) is 0 Å². The molecular weight excluding hydrogens is 224 g/mol. The second-order valence-electron chi connectivity index (χ2n) is 6.14. The van der Waals surface area contributed by atoms with E-state index in [-0.39, 0.29) is 0 Å². The summed E-state index contributed by atoms with van der Waals surface area (Å²) < 4.78 is 5.35. The average molecular weight is 254 g/mol. The molecule has 0 saturated carbocycles. The maximum absolute atomic E-state index is 5.35. The van der Waals surface area contributed by atoms with E-state index in [1.54, 1.807) is 12.7 Å². The van der Waals surface area contributed by atoms with Crippen LogP contribution >= 0.6 is 0 Å². The second kappa shape index (κ2) is 7.27. The van der Waals surface area contributed by atoms with Crippen molar-refractivity contribution >= 4 is 0 Å². The smallest absolute Gasteiger partial charge is 0.0630 e. The van der Waals surface area contributed by atoms with Crippen LogP contribution < -0.4 is 5.32 Å². The lowest BCUT2D eigenvalue weighted by Gasteiger charge is -2.36. The number of rotatable bonds is 6. The Labute approximate surface area is 113 Å². The number of methoxy groups -OCH3 is 1. The Hall–Kier alpha value is -0.380. The van der Waals surface area contributed by atoms with Crippen molar-refractivity contribution in [3.05, 3.63) is 11.6 Å². The lowest BCUT2D eigenvalue weighted by Crippen LogP contribution is -2.47. The Kier molecular flexibility index (Phi) is 6.33. The molecule has 3 nitrogen and oxygen atoms in total. The van der Waals surface area contributed by atoms with Gasteiger partial charge < -0.3 is 10.1 Å². The van der Waals surface area contributed by atoms with Gasteiger partial charge in [-0.25, -0.2) is 0 Å². The molecule has 0 aromatic rings. The first-order chi connectivity index (χ1) is 8.49. The molecule has 106 valence electrons. The van der Waals surface area contributed by atoms with Gasteiger partial charge in [0.25, 0.3) is 0 Å². The van der Waals surface area contributed by atoms with E-state index < -0.39 is 0 Å². The van der Waals surface area contributed by atoms with Crippen LogP contribution in [0.2, 0.25) is 0 Å². The molecule has 1 aliphatic heterocycles. The molecule has 0 spiro atoms. The van der Waals surface area contributed by atoms with Crippen molar-refractivity contribution in [3.63, 3.8) is 0 Å². The minimum absolute atomic E-state index is 0.324. The summed E-state index contributed by atoms with van der Waals surface area (Å²) in [6, 6.07) is 0.493. The van der Waals surface area contributed by atoms with Crippen LogP contribution in [0.5, 0.6) is 0 Å². The zero-order chi connectivity index (χ0) is 13.6. The summed E-state index contributed by atoms with van der Waals surface area (Å²) in [6.45, 7) is 14.1. The molecule has 1 unspecified atom stereocenters. The van der Waals surface area contributed by atoms with Gasteiger partial charge in [-0.1, -0.05) is 39.3 Å².